The molecule has 1 aromatic heterocycles. The van der Waals surface area contributed by atoms with Crippen molar-refractivity contribution in [3.05, 3.63) is 53.9 Å². The molecule has 0 spiro atoms. The number of anilines is 1. The van der Waals surface area contributed by atoms with Crippen LogP contribution < -0.4 is 24.8 Å². The van der Waals surface area contributed by atoms with Gasteiger partial charge in [-0.1, -0.05) is 37.7 Å². The second-order valence-corrected chi connectivity index (χ2v) is 9.33. The Labute approximate surface area is 213 Å². The highest BCUT2D eigenvalue weighted by molar-refractivity contribution is 7.99. The molecule has 1 unspecified atom stereocenters. The van der Waals surface area contributed by atoms with E-state index >= 15 is 0 Å². The number of rotatable bonds is 10. The third-order valence-electron chi connectivity index (χ3n) is 5.64. The van der Waals surface area contributed by atoms with Crippen molar-refractivity contribution in [2.75, 3.05) is 25.0 Å². The third-order valence-corrected chi connectivity index (χ3v) is 6.61. The van der Waals surface area contributed by atoms with E-state index in [0.717, 1.165) is 0 Å². The molecule has 0 saturated heterocycles. The van der Waals surface area contributed by atoms with Crippen molar-refractivity contribution in [1.29, 1.82) is 0 Å². The summed E-state index contributed by atoms with van der Waals surface area (Å²) in [6, 6.07) is 11.9. The van der Waals surface area contributed by atoms with Crippen molar-refractivity contribution < 1.29 is 23.8 Å². The van der Waals surface area contributed by atoms with Gasteiger partial charge in [-0.15, -0.1) is 10.2 Å². The molecule has 3 aromatic rings. The molecule has 36 heavy (non-hydrogen) atoms. The van der Waals surface area contributed by atoms with Gasteiger partial charge < -0.3 is 29.4 Å². The van der Waals surface area contributed by atoms with E-state index in [0.29, 0.717) is 46.0 Å². The molecule has 0 bridgehead atoms. The molecular formula is C25H29N5O5S. The SMILES string of the molecule is CCn1c(SCC(=O)Nc2ccccc2OC)nnc1C(NC(=O)c1ccc2c(c1)OCO2)C(C)C. The number of carbonyl (C=O) groups excluding carboxylic acids is 2. The fourth-order valence-corrected chi connectivity index (χ4v) is 4.60. The Morgan fingerprint density at radius 3 is 2.67 bits per heavy atom. The first kappa shape index (κ1) is 25.4. The first-order chi connectivity index (χ1) is 17.4. The minimum absolute atomic E-state index is 0.0455. The molecule has 0 aliphatic carbocycles. The van der Waals surface area contributed by atoms with Crippen molar-refractivity contribution in [2.45, 2.75) is 38.5 Å². The van der Waals surface area contributed by atoms with E-state index in [2.05, 4.69) is 20.8 Å². The Balaban J connectivity index is 1.45. The number of methoxy groups -OCH3 is 1. The second-order valence-electron chi connectivity index (χ2n) is 8.39. The number of nitrogens with one attached hydrogen (secondary N) is 2. The van der Waals surface area contributed by atoms with E-state index < -0.39 is 0 Å². The van der Waals surface area contributed by atoms with E-state index in [-0.39, 0.29) is 36.3 Å². The number of fused-ring (bicyclic) bond motifs is 1. The summed E-state index contributed by atoms with van der Waals surface area (Å²) < 4.78 is 17.9. The van der Waals surface area contributed by atoms with Gasteiger partial charge in [0.25, 0.3) is 5.91 Å². The number of benzene rings is 2. The van der Waals surface area contributed by atoms with Crippen LogP contribution >= 0.6 is 11.8 Å². The van der Waals surface area contributed by atoms with Gasteiger partial charge in [0.05, 0.1) is 24.6 Å². The Hall–Kier alpha value is -3.73. The quantitative estimate of drug-likeness (QED) is 0.394. The zero-order chi connectivity index (χ0) is 25.7. The number of carbonyl (C=O) groups is 2. The molecule has 1 aliphatic heterocycles. The number of thioether (sulfide) groups is 1. The topological polar surface area (TPSA) is 117 Å². The van der Waals surface area contributed by atoms with Crippen LogP contribution in [0.2, 0.25) is 0 Å². The fraction of sp³-hybridized carbons (Fsp3) is 0.360. The summed E-state index contributed by atoms with van der Waals surface area (Å²) in [4.78, 5) is 25.6. The fourth-order valence-electron chi connectivity index (χ4n) is 3.79. The molecule has 2 N–H and O–H groups in total. The summed E-state index contributed by atoms with van der Waals surface area (Å²) in [7, 11) is 1.56. The van der Waals surface area contributed by atoms with Crippen molar-refractivity contribution in [2.24, 2.45) is 5.92 Å². The van der Waals surface area contributed by atoms with Crippen LogP contribution in [0.3, 0.4) is 0 Å². The molecule has 2 amide bonds. The number of amides is 2. The molecule has 10 nitrogen and oxygen atoms in total. The van der Waals surface area contributed by atoms with Gasteiger partial charge in [-0.25, -0.2) is 0 Å². The predicted octanol–water partition coefficient (Wildman–Crippen LogP) is 3.89. The highest BCUT2D eigenvalue weighted by atomic mass is 32.2. The minimum Gasteiger partial charge on any atom is -0.495 e. The van der Waals surface area contributed by atoms with Crippen LogP contribution in [-0.4, -0.2) is 46.2 Å². The van der Waals surface area contributed by atoms with E-state index in [1.807, 2.05) is 37.5 Å². The second kappa shape index (κ2) is 11.3. The van der Waals surface area contributed by atoms with Crippen LogP contribution in [0, 0.1) is 5.92 Å². The zero-order valence-electron chi connectivity index (χ0n) is 20.6. The largest absolute Gasteiger partial charge is 0.495 e. The van der Waals surface area contributed by atoms with Gasteiger partial charge in [-0.2, -0.15) is 0 Å². The molecule has 190 valence electrons. The van der Waals surface area contributed by atoms with Crippen LogP contribution in [0.1, 0.15) is 43.0 Å². The van der Waals surface area contributed by atoms with Crippen LogP contribution in [0.15, 0.2) is 47.6 Å². The van der Waals surface area contributed by atoms with E-state index in [1.165, 1.54) is 11.8 Å². The molecule has 11 heteroatoms. The standard InChI is InChI=1S/C25H29N5O5S/c1-5-30-23(22(15(2)3)27-24(32)16-10-11-19-20(12-16)35-14-34-19)28-29-25(30)36-13-21(31)26-17-8-6-7-9-18(17)33-4/h6-12,15,22H,5,13-14H2,1-4H3,(H,26,31)(H,27,32). The predicted molar refractivity (Wildman–Crippen MR) is 136 cm³/mol. The molecule has 2 aromatic carbocycles. The first-order valence-electron chi connectivity index (χ1n) is 11.6. The van der Waals surface area contributed by atoms with E-state index in [1.54, 1.807) is 37.4 Å². The molecule has 0 fully saturated rings. The van der Waals surface area contributed by atoms with Crippen molar-refractivity contribution >= 4 is 29.3 Å². The molecule has 2 heterocycles. The van der Waals surface area contributed by atoms with Gasteiger partial charge in [0.2, 0.25) is 12.7 Å². The van der Waals surface area contributed by atoms with Crippen molar-refractivity contribution in [1.82, 2.24) is 20.1 Å². The van der Waals surface area contributed by atoms with Gasteiger partial charge in [0.15, 0.2) is 22.5 Å². The molecule has 0 saturated carbocycles. The lowest BCUT2D eigenvalue weighted by molar-refractivity contribution is -0.113. The maximum Gasteiger partial charge on any atom is 0.252 e. The monoisotopic (exact) mass is 511 g/mol. The lowest BCUT2D eigenvalue weighted by atomic mass is 10.0. The molecular weight excluding hydrogens is 482 g/mol. The Morgan fingerprint density at radius 2 is 1.92 bits per heavy atom. The summed E-state index contributed by atoms with van der Waals surface area (Å²) in [6.07, 6.45) is 0. The molecule has 4 rings (SSSR count). The van der Waals surface area contributed by atoms with Gasteiger partial charge >= 0.3 is 0 Å². The summed E-state index contributed by atoms with van der Waals surface area (Å²) in [6.45, 7) is 6.72. The Kier molecular flexibility index (Phi) is 7.99. The van der Waals surface area contributed by atoms with E-state index in [9.17, 15) is 9.59 Å². The number of aromatic nitrogens is 3. The van der Waals surface area contributed by atoms with Crippen LogP contribution in [0.25, 0.3) is 0 Å². The highest BCUT2D eigenvalue weighted by Crippen LogP contribution is 2.33. The van der Waals surface area contributed by atoms with Gasteiger partial charge in [-0.3, -0.25) is 9.59 Å². The number of nitrogens with zero attached hydrogens (tertiary/aromatic N) is 3. The Bertz CT molecular complexity index is 1250. The van der Waals surface area contributed by atoms with Crippen LogP contribution in [-0.2, 0) is 11.3 Å². The maximum absolute atomic E-state index is 13.0. The van der Waals surface area contributed by atoms with Crippen molar-refractivity contribution in [3.63, 3.8) is 0 Å². The maximum atomic E-state index is 13.0. The van der Waals surface area contributed by atoms with Crippen LogP contribution in [0.5, 0.6) is 17.2 Å². The summed E-state index contributed by atoms with van der Waals surface area (Å²) >= 11 is 1.28. The smallest absolute Gasteiger partial charge is 0.252 e. The average molecular weight is 512 g/mol. The molecule has 1 aliphatic rings. The van der Waals surface area contributed by atoms with Gasteiger partial charge in [-0.05, 0) is 43.2 Å². The number of hydrogen-bond acceptors (Lipinski definition) is 8. The number of hydrogen-bond donors (Lipinski definition) is 2. The number of para-hydroxylation sites is 2. The lowest BCUT2D eigenvalue weighted by Gasteiger charge is -2.22. The average Bonchev–Trinajstić information content (AvgIpc) is 3.52. The first-order valence-corrected chi connectivity index (χ1v) is 12.6. The van der Waals surface area contributed by atoms with Crippen molar-refractivity contribution in [3.8, 4) is 17.2 Å². The number of ether oxygens (including phenoxy) is 3. The zero-order valence-corrected chi connectivity index (χ0v) is 21.4. The Morgan fingerprint density at radius 1 is 1.14 bits per heavy atom. The van der Waals surface area contributed by atoms with Crippen LogP contribution in [0.4, 0.5) is 5.69 Å². The van der Waals surface area contributed by atoms with Gasteiger partial charge in [0, 0.05) is 12.1 Å². The lowest BCUT2D eigenvalue weighted by Crippen LogP contribution is -2.33. The molecule has 1 atom stereocenters. The van der Waals surface area contributed by atoms with E-state index in [4.69, 9.17) is 14.2 Å². The summed E-state index contributed by atoms with van der Waals surface area (Å²) in [5.41, 5.74) is 1.07. The summed E-state index contributed by atoms with van der Waals surface area (Å²) in [5, 5.41) is 15.2. The highest BCUT2D eigenvalue weighted by Gasteiger charge is 2.27. The normalized spacial score (nSPS) is 12.9. The summed E-state index contributed by atoms with van der Waals surface area (Å²) in [5.74, 6) is 2.15. The van der Waals surface area contributed by atoms with Gasteiger partial charge in [0.1, 0.15) is 5.75 Å². The molecule has 0 radical (unpaired) electrons. The third kappa shape index (κ3) is 5.56. The minimum atomic E-state index is -0.382.